The highest BCUT2D eigenvalue weighted by Gasteiger charge is 2.31. The van der Waals surface area contributed by atoms with Gasteiger partial charge >= 0.3 is 0 Å². The molecule has 0 saturated carbocycles. The molecular formula is C18H21ClN2O3S. The third-order valence-electron chi connectivity index (χ3n) is 4.12. The van der Waals surface area contributed by atoms with E-state index in [4.69, 9.17) is 0 Å². The molecule has 3 rings (SSSR count). The van der Waals surface area contributed by atoms with E-state index in [-0.39, 0.29) is 34.7 Å². The summed E-state index contributed by atoms with van der Waals surface area (Å²) in [5.41, 5.74) is 0.698. The number of piperazine rings is 1. The summed E-state index contributed by atoms with van der Waals surface area (Å²) in [6.07, 6.45) is 0. The van der Waals surface area contributed by atoms with E-state index in [1.807, 2.05) is 13.0 Å². The highest BCUT2D eigenvalue weighted by atomic mass is 35.5. The van der Waals surface area contributed by atoms with Crippen LogP contribution in [0.3, 0.4) is 0 Å². The summed E-state index contributed by atoms with van der Waals surface area (Å²) in [6, 6.07) is 15.3. The highest BCUT2D eigenvalue weighted by molar-refractivity contribution is 7.89. The molecule has 5 nitrogen and oxygen atoms in total. The number of ketones is 1. The third-order valence-corrected chi connectivity index (χ3v) is 6.04. The molecule has 1 aliphatic rings. The predicted molar refractivity (Wildman–Crippen MR) is 99.8 cm³/mol. The Morgan fingerprint density at radius 2 is 1.72 bits per heavy atom. The minimum absolute atomic E-state index is 0. The Morgan fingerprint density at radius 1 is 1.08 bits per heavy atom. The molecule has 0 amide bonds. The van der Waals surface area contributed by atoms with Gasteiger partial charge in [0.2, 0.25) is 10.0 Å². The third kappa shape index (κ3) is 4.10. The predicted octanol–water partition coefficient (Wildman–Crippen LogP) is 2.32. The average molecular weight is 381 g/mol. The van der Waals surface area contributed by atoms with Crippen molar-refractivity contribution in [1.82, 2.24) is 9.62 Å². The molecule has 0 aromatic heterocycles. The van der Waals surface area contributed by atoms with E-state index in [0.717, 1.165) is 0 Å². The number of halogens is 1. The summed E-state index contributed by atoms with van der Waals surface area (Å²) >= 11 is 0. The second kappa shape index (κ2) is 8.10. The van der Waals surface area contributed by atoms with Crippen LogP contribution in [0.5, 0.6) is 0 Å². The number of hydrogen-bond acceptors (Lipinski definition) is 4. The number of rotatable bonds is 4. The SMILES string of the molecule is C[C@@H]1CN(S(=O)(=O)c2ccccc2C(=O)c2ccccc2)CCN1.Cl. The number of carbonyl (C=O) groups is 1. The Morgan fingerprint density at radius 3 is 2.40 bits per heavy atom. The van der Waals surface area contributed by atoms with Gasteiger partial charge in [-0.05, 0) is 19.1 Å². The van der Waals surface area contributed by atoms with Gasteiger partial charge in [-0.1, -0.05) is 42.5 Å². The van der Waals surface area contributed by atoms with Crippen LogP contribution in [0, 0.1) is 0 Å². The lowest BCUT2D eigenvalue weighted by atomic mass is 10.0. The van der Waals surface area contributed by atoms with Crippen molar-refractivity contribution in [1.29, 1.82) is 0 Å². The van der Waals surface area contributed by atoms with E-state index in [1.54, 1.807) is 42.5 Å². The molecule has 25 heavy (non-hydrogen) atoms. The Hall–Kier alpha value is -1.73. The highest BCUT2D eigenvalue weighted by Crippen LogP contribution is 2.23. The van der Waals surface area contributed by atoms with Crippen molar-refractivity contribution in [3.63, 3.8) is 0 Å². The van der Waals surface area contributed by atoms with Crippen LogP contribution in [-0.4, -0.2) is 44.2 Å². The van der Waals surface area contributed by atoms with Crippen molar-refractivity contribution in [2.24, 2.45) is 0 Å². The van der Waals surface area contributed by atoms with Gasteiger partial charge in [0.15, 0.2) is 5.78 Å². The van der Waals surface area contributed by atoms with Crippen molar-refractivity contribution < 1.29 is 13.2 Å². The van der Waals surface area contributed by atoms with E-state index >= 15 is 0 Å². The minimum atomic E-state index is -3.71. The van der Waals surface area contributed by atoms with E-state index in [9.17, 15) is 13.2 Å². The number of benzene rings is 2. The Labute approximate surface area is 154 Å². The lowest BCUT2D eigenvalue weighted by Gasteiger charge is -2.31. The molecule has 7 heteroatoms. The summed E-state index contributed by atoms with van der Waals surface area (Å²) in [7, 11) is -3.71. The number of sulfonamides is 1. The molecule has 1 fully saturated rings. The van der Waals surface area contributed by atoms with Crippen molar-refractivity contribution in [2.75, 3.05) is 19.6 Å². The number of nitrogens with zero attached hydrogens (tertiary/aromatic N) is 1. The average Bonchev–Trinajstić information content (AvgIpc) is 2.62. The van der Waals surface area contributed by atoms with Gasteiger partial charge in [-0.2, -0.15) is 4.31 Å². The molecule has 0 spiro atoms. The van der Waals surface area contributed by atoms with Gasteiger partial charge in [0.1, 0.15) is 0 Å². The van der Waals surface area contributed by atoms with Crippen LogP contribution in [0.2, 0.25) is 0 Å². The molecule has 1 aliphatic heterocycles. The van der Waals surface area contributed by atoms with Gasteiger partial charge in [-0.3, -0.25) is 4.79 Å². The van der Waals surface area contributed by atoms with Crippen LogP contribution in [0.1, 0.15) is 22.8 Å². The van der Waals surface area contributed by atoms with E-state index < -0.39 is 10.0 Å². The largest absolute Gasteiger partial charge is 0.312 e. The van der Waals surface area contributed by atoms with Gasteiger partial charge in [-0.15, -0.1) is 12.4 Å². The zero-order valence-corrected chi connectivity index (χ0v) is 15.5. The lowest BCUT2D eigenvalue weighted by Crippen LogP contribution is -2.51. The van der Waals surface area contributed by atoms with E-state index in [2.05, 4.69) is 5.32 Å². The fourth-order valence-electron chi connectivity index (χ4n) is 2.88. The molecule has 2 aromatic rings. The second-order valence-corrected chi connectivity index (χ2v) is 7.82. The number of carbonyl (C=O) groups excluding carboxylic acids is 1. The zero-order chi connectivity index (χ0) is 17.2. The molecule has 0 bridgehead atoms. The zero-order valence-electron chi connectivity index (χ0n) is 13.9. The first-order valence-corrected chi connectivity index (χ1v) is 9.36. The van der Waals surface area contributed by atoms with Gasteiger partial charge in [0.25, 0.3) is 0 Å². The van der Waals surface area contributed by atoms with Gasteiger partial charge < -0.3 is 5.32 Å². The monoisotopic (exact) mass is 380 g/mol. The molecule has 1 heterocycles. The van der Waals surface area contributed by atoms with Crippen molar-refractivity contribution in [2.45, 2.75) is 17.9 Å². The van der Waals surface area contributed by atoms with Crippen LogP contribution < -0.4 is 5.32 Å². The van der Waals surface area contributed by atoms with Crippen molar-refractivity contribution in [3.05, 3.63) is 65.7 Å². The topological polar surface area (TPSA) is 66.5 Å². The van der Waals surface area contributed by atoms with Gasteiger partial charge in [-0.25, -0.2) is 8.42 Å². The molecule has 134 valence electrons. The quantitative estimate of drug-likeness (QED) is 0.826. The van der Waals surface area contributed by atoms with Gasteiger partial charge in [0.05, 0.1) is 4.90 Å². The summed E-state index contributed by atoms with van der Waals surface area (Å²) < 4.78 is 27.5. The molecule has 0 radical (unpaired) electrons. The minimum Gasteiger partial charge on any atom is -0.312 e. The first-order chi connectivity index (χ1) is 11.5. The molecule has 2 aromatic carbocycles. The summed E-state index contributed by atoms with van der Waals surface area (Å²) in [5, 5.41) is 3.23. The molecule has 0 aliphatic carbocycles. The first kappa shape index (κ1) is 19.6. The van der Waals surface area contributed by atoms with Crippen LogP contribution in [-0.2, 0) is 10.0 Å². The molecule has 1 atom stereocenters. The molecule has 1 N–H and O–H groups in total. The number of hydrogen-bond donors (Lipinski definition) is 1. The normalized spacial score (nSPS) is 18.4. The summed E-state index contributed by atoms with van der Waals surface area (Å²) in [6.45, 7) is 3.36. The Balaban J connectivity index is 0.00000225. The summed E-state index contributed by atoms with van der Waals surface area (Å²) in [5.74, 6) is -0.280. The Bertz CT molecular complexity index is 840. The molecular weight excluding hydrogens is 360 g/mol. The van der Waals surface area contributed by atoms with Crippen LogP contribution in [0.15, 0.2) is 59.5 Å². The standard InChI is InChI=1S/C18H20N2O3S.ClH/c1-14-13-20(12-11-19-14)24(22,23)17-10-6-5-9-16(17)18(21)15-7-3-2-4-8-15;/h2-10,14,19H,11-13H2,1H3;1H/t14-;/m1./s1. The smallest absolute Gasteiger partial charge is 0.243 e. The van der Waals surface area contributed by atoms with Crippen LogP contribution in [0.25, 0.3) is 0 Å². The van der Waals surface area contributed by atoms with Crippen LogP contribution >= 0.6 is 12.4 Å². The van der Waals surface area contributed by atoms with E-state index in [0.29, 0.717) is 25.2 Å². The maximum atomic E-state index is 13.0. The number of nitrogens with one attached hydrogen (secondary N) is 1. The lowest BCUT2D eigenvalue weighted by molar-refractivity contribution is 0.103. The fourth-order valence-corrected chi connectivity index (χ4v) is 4.60. The second-order valence-electron chi connectivity index (χ2n) is 5.91. The van der Waals surface area contributed by atoms with E-state index in [1.165, 1.54) is 10.4 Å². The van der Waals surface area contributed by atoms with Crippen molar-refractivity contribution in [3.8, 4) is 0 Å². The van der Waals surface area contributed by atoms with Crippen LogP contribution in [0.4, 0.5) is 0 Å². The summed E-state index contributed by atoms with van der Waals surface area (Å²) in [4.78, 5) is 12.8. The first-order valence-electron chi connectivity index (χ1n) is 7.92. The van der Waals surface area contributed by atoms with Gasteiger partial charge in [0, 0.05) is 36.8 Å². The molecule has 1 saturated heterocycles. The maximum absolute atomic E-state index is 13.0. The fraction of sp³-hybridized carbons (Fsp3) is 0.278. The van der Waals surface area contributed by atoms with Crippen molar-refractivity contribution >= 4 is 28.2 Å². The Kier molecular flexibility index (Phi) is 6.35. The maximum Gasteiger partial charge on any atom is 0.243 e. The molecule has 0 unspecified atom stereocenters.